The molecule has 110 valence electrons. The summed E-state index contributed by atoms with van der Waals surface area (Å²) in [7, 11) is 1.54. The van der Waals surface area contributed by atoms with Gasteiger partial charge < -0.3 is 21.7 Å². The lowest BCUT2D eigenvalue weighted by atomic mass is 10.00. The van der Waals surface area contributed by atoms with E-state index in [1.165, 1.54) is 0 Å². The third-order valence-corrected chi connectivity index (χ3v) is 2.65. The second kappa shape index (κ2) is 6.91. The molecule has 1 aromatic rings. The van der Waals surface area contributed by atoms with Gasteiger partial charge in [-0.15, -0.1) is 0 Å². The van der Waals surface area contributed by atoms with Crippen molar-refractivity contribution >= 4 is 23.3 Å². The van der Waals surface area contributed by atoms with Crippen molar-refractivity contribution in [3.63, 3.8) is 0 Å². The molecule has 0 saturated carbocycles. The van der Waals surface area contributed by atoms with E-state index >= 15 is 0 Å². The molecule has 0 fully saturated rings. The van der Waals surface area contributed by atoms with Gasteiger partial charge in [-0.2, -0.15) is 0 Å². The van der Waals surface area contributed by atoms with Crippen molar-refractivity contribution < 1.29 is 9.59 Å². The Bertz CT molecular complexity index is 463. The largest absolute Gasteiger partial charge is 0.341 e. The molecular formula is C14H22N4O2. The summed E-state index contributed by atoms with van der Waals surface area (Å²) in [5, 5.41) is 7.88. The average molecular weight is 278 g/mol. The maximum atomic E-state index is 11.7. The lowest BCUT2D eigenvalue weighted by Gasteiger charge is -2.17. The Morgan fingerprint density at radius 3 is 2.05 bits per heavy atom. The molecule has 0 aromatic heterocycles. The monoisotopic (exact) mass is 278 g/mol. The highest BCUT2D eigenvalue weighted by molar-refractivity contribution is 5.92. The Hall–Kier alpha value is -2.08. The minimum atomic E-state index is -0.349. The molecule has 3 amide bonds. The number of amides is 3. The summed E-state index contributed by atoms with van der Waals surface area (Å²) in [5.41, 5.74) is 6.83. The van der Waals surface area contributed by atoms with Gasteiger partial charge in [-0.3, -0.25) is 4.79 Å². The highest BCUT2D eigenvalue weighted by Gasteiger charge is 2.13. The molecule has 20 heavy (non-hydrogen) atoms. The van der Waals surface area contributed by atoms with Crippen molar-refractivity contribution in [3.05, 3.63) is 24.3 Å². The van der Waals surface area contributed by atoms with Gasteiger partial charge in [0.2, 0.25) is 5.91 Å². The van der Waals surface area contributed by atoms with Crippen LogP contribution in [0.4, 0.5) is 16.2 Å². The Morgan fingerprint density at radius 1 is 1.10 bits per heavy atom. The fourth-order valence-electron chi connectivity index (χ4n) is 1.49. The molecule has 0 aliphatic carbocycles. The lowest BCUT2D eigenvalue weighted by molar-refractivity contribution is -0.116. The van der Waals surface area contributed by atoms with Crippen LogP contribution >= 0.6 is 0 Å². The van der Waals surface area contributed by atoms with Crippen LogP contribution in [-0.2, 0) is 4.79 Å². The van der Waals surface area contributed by atoms with E-state index in [0.29, 0.717) is 24.2 Å². The van der Waals surface area contributed by atoms with Gasteiger partial charge in [0.1, 0.15) is 0 Å². The van der Waals surface area contributed by atoms with Crippen molar-refractivity contribution in [1.29, 1.82) is 0 Å². The Kier molecular flexibility index (Phi) is 5.52. The number of hydrogen-bond acceptors (Lipinski definition) is 3. The van der Waals surface area contributed by atoms with Gasteiger partial charge in [0.25, 0.3) is 0 Å². The quantitative estimate of drug-likeness (QED) is 0.662. The van der Waals surface area contributed by atoms with E-state index in [2.05, 4.69) is 16.0 Å². The van der Waals surface area contributed by atoms with Crippen LogP contribution in [-0.4, -0.2) is 24.5 Å². The minimum Gasteiger partial charge on any atom is -0.341 e. The highest BCUT2D eigenvalue weighted by atomic mass is 16.2. The van der Waals surface area contributed by atoms with Crippen LogP contribution in [0.15, 0.2) is 24.3 Å². The molecular weight excluding hydrogens is 256 g/mol. The molecule has 0 unspecified atom stereocenters. The number of anilines is 2. The first-order chi connectivity index (χ1) is 9.30. The maximum absolute atomic E-state index is 11.7. The van der Waals surface area contributed by atoms with E-state index in [4.69, 9.17) is 5.73 Å². The predicted molar refractivity (Wildman–Crippen MR) is 80.7 cm³/mol. The summed E-state index contributed by atoms with van der Waals surface area (Å²) in [6, 6.07) is 6.62. The second-order valence-electron chi connectivity index (χ2n) is 5.32. The topological polar surface area (TPSA) is 96.2 Å². The fourth-order valence-corrected chi connectivity index (χ4v) is 1.49. The van der Waals surface area contributed by atoms with E-state index in [0.717, 1.165) is 0 Å². The van der Waals surface area contributed by atoms with Crippen LogP contribution in [0.25, 0.3) is 0 Å². The second-order valence-corrected chi connectivity index (χ2v) is 5.32. The highest BCUT2D eigenvalue weighted by Crippen LogP contribution is 2.14. The number of urea groups is 1. The molecule has 5 N–H and O–H groups in total. The molecule has 0 bridgehead atoms. The summed E-state index contributed by atoms with van der Waals surface area (Å²) in [5.74, 6) is -0.0736. The Labute approximate surface area is 119 Å². The van der Waals surface area contributed by atoms with Gasteiger partial charge in [-0.25, -0.2) is 4.79 Å². The van der Waals surface area contributed by atoms with Crippen LogP contribution in [0.3, 0.4) is 0 Å². The van der Waals surface area contributed by atoms with Gasteiger partial charge in [-0.05, 0) is 44.5 Å². The molecule has 1 rings (SSSR count). The van der Waals surface area contributed by atoms with Crippen molar-refractivity contribution in [2.24, 2.45) is 5.73 Å². The van der Waals surface area contributed by atoms with E-state index in [1.54, 1.807) is 31.3 Å². The molecule has 0 heterocycles. The van der Waals surface area contributed by atoms with E-state index in [9.17, 15) is 9.59 Å². The van der Waals surface area contributed by atoms with Gasteiger partial charge >= 0.3 is 6.03 Å². The van der Waals surface area contributed by atoms with Crippen molar-refractivity contribution in [2.75, 3.05) is 17.7 Å². The standard InChI is InChI=1S/C14H22N4O2/c1-14(2,15)9-8-12(19)17-10-4-6-11(7-5-10)18-13(20)16-3/h4-7H,8-9,15H2,1-3H3,(H,17,19)(H2,16,18,20). The van der Waals surface area contributed by atoms with Crippen LogP contribution in [0.5, 0.6) is 0 Å². The minimum absolute atomic E-state index is 0.0736. The van der Waals surface area contributed by atoms with Crippen molar-refractivity contribution in [2.45, 2.75) is 32.2 Å². The predicted octanol–water partition coefficient (Wildman–Crippen LogP) is 1.89. The molecule has 0 aliphatic rings. The summed E-state index contributed by atoms with van der Waals surface area (Å²) < 4.78 is 0. The molecule has 1 aromatic carbocycles. The Morgan fingerprint density at radius 2 is 1.60 bits per heavy atom. The van der Waals surface area contributed by atoms with Crippen molar-refractivity contribution in [3.8, 4) is 0 Å². The maximum Gasteiger partial charge on any atom is 0.318 e. The van der Waals surface area contributed by atoms with Crippen LogP contribution in [0, 0.1) is 0 Å². The number of hydrogen-bond donors (Lipinski definition) is 4. The molecule has 0 spiro atoms. The lowest BCUT2D eigenvalue weighted by Crippen LogP contribution is -2.33. The van der Waals surface area contributed by atoms with Crippen LogP contribution < -0.4 is 21.7 Å². The van der Waals surface area contributed by atoms with Gasteiger partial charge in [-0.1, -0.05) is 0 Å². The number of nitrogens with two attached hydrogens (primary N) is 1. The zero-order valence-corrected chi connectivity index (χ0v) is 12.1. The average Bonchev–Trinajstić information content (AvgIpc) is 2.38. The third kappa shape index (κ3) is 6.19. The molecule has 6 heteroatoms. The molecule has 0 atom stereocenters. The molecule has 6 nitrogen and oxygen atoms in total. The van der Waals surface area contributed by atoms with Crippen molar-refractivity contribution in [1.82, 2.24) is 5.32 Å². The molecule has 0 saturated heterocycles. The first-order valence-corrected chi connectivity index (χ1v) is 6.48. The number of nitrogens with one attached hydrogen (secondary N) is 3. The summed E-state index contributed by atoms with van der Waals surface area (Å²) in [6.07, 6.45) is 0.997. The number of benzene rings is 1. The van der Waals surface area contributed by atoms with Gasteiger partial charge in [0.05, 0.1) is 0 Å². The zero-order chi connectivity index (χ0) is 15.2. The number of carbonyl (C=O) groups is 2. The summed E-state index contributed by atoms with van der Waals surface area (Å²) in [4.78, 5) is 22.8. The smallest absolute Gasteiger partial charge is 0.318 e. The van der Waals surface area contributed by atoms with E-state index < -0.39 is 0 Å². The summed E-state index contributed by atoms with van der Waals surface area (Å²) in [6.45, 7) is 3.78. The molecule has 0 radical (unpaired) electrons. The van der Waals surface area contributed by atoms with E-state index in [-0.39, 0.29) is 17.5 Å². The summed E-state index contributed by atoms with van der Waals surface area (Å²) >= 11 is 0. The van der Waals surface area contributed by atoms with Gasteiger partial charge in [0, 0.05) is 30.4 Å². The molecule has 0 aliphatic heterocycles. The van der Waals surface area contributed by atoms with Crippen LogP contribution in [0.2, 0.25) is 0 Å². The normalized spacial score (nSPS) is 10.8. The first-order valence-electron chi connectivity index (χ1n) is 6.48. The Balaban J connectivity index is 2.49. The fraction of sp³-hybridized carbons (Fsp3) is 0.429. The number of rotatable bonds is 5. The van der Waals surface area contributed by atoms with Gasteiger partial charge in [0.15, 0.2) is 0 Å². The third-order valence-electron chi connectivity index (χ3n) is 2.65. The SMILES string of the molecule is CNC(=O)Nc1ccc(NC(=O)CCC(C)(C)N)cc1. The van der Waals surface area contributed by atoms with E-state index in [1.807, 2.05) is 13.8 Å². The van der Waals surface area contributed by atoms with Crippen LogP contribution in [0.1, 0.15) is 26.7 Å². The zero-order valence-electron chi connectivity index (χ0n) is 12.1. The first kappa shape index (κ1) is 16.0. The number of carbonyl (C=O) groups excluding carboxylic acids is 2.